The highest BCUT2D eigenvalue weighted by molar-refractivity contribution is 7.18. The van der Waals surface area contributed by atoms with Crippen LogP contribution in [0.1, 0.15) is 11.9 Å². The highest BCUT2D eigenvalue weighted by Crippen LogP contribution is 2.29. The Labute approximate surface area is 161 Å². The second-order valence-electron chi connectivity index (χ2n) is 6.81. The summed E-state index contributed by atoms with van der Waals surface area (Å²) >= 11 is 1.66. The van der Waals surface area contributed by atoms with Crippen molar-refractivity contribution in [2.45, 2.75) is 19.5 Å². The van der Waals surface area contributed by atoms with Gasteiger partial charge in [-0.15, -0.1) is 11.3 Å². The predicted octanol–water partition coefficient (Wildman–Crippen LogP) is 1.68. The number of aromatic nitrogens is 1. The van der Waals surface area contributed by atoms with Crippen molar-refractivity contribution in [1.29, 1.82) is 0 Å². The van der Waals surface area contributed by atoms with Crippen molar-refractivity contribution in [1.82, 2.24) is 4.98 Å². The van der Waals surface area contributed by atoms with E-state index >= 15 is 0 Å². The Morgan fingerprint density at radius 1 is 1.26 bits per heavy atom. The Hall–Kier alpha value is -2.77. The van der Waals surface area contributed by atoms with E-state index in [0.29, 0.717) is 12.2 Å². The Balaban J connectivity index is 1.52. The fourth-order valence-corrected chi connectivity index (χ4v) is 4.32. The second-order valence-corrected chi connectivity index (χ2v) is 7.93. The van der Waals surface area contributed by atoms with Gasteiger partial charge in [0.2, 0.25) is 5.91 Å². The van der Waals surface area contributed by atoms with Gasteiger partial charge in [0.25, 0.3) is 5.91 Å². The minimum absolute atomic E-state index is 0.0502. The Bertz CT molecular complexity index is 983. The molecule has 1 aliphatic heterocycles. The molecule has 0 fully saturated rings. The zero-order valence-corrected chi connectivity index (χ0v) is 16.0. The van der Waals surface area contributed by atoms with Crippen LogP contribution < -0.4 is 15.1 Å². The molecule has 0 bridgehead atoms. The fourth-order valence-electron chi connectivity index (χ4n) is 3.26. The molecule has 6 nitrogen and oxygen atoms in total. The monoisotopic (exact) mass is 381 g/mol. The van der Waals surface area contributed by atoms with Crippen LogP contribution in [0.2, 0.25) is 0 Å². The average molecular weight is 381 g/mol. The normalized spacial score (nSPS) is 15.9. The largest absolute Gasteiger partial charge is 0.323 e. The molecule has 3 aromatic rings. The molecule has 1 aromatic heterocycles. The van der Waals surface area contributed by atoms with Gasteiger partial charge in [-0.1, -0.05) is 24.3 Å². The quantitative estimate of drug-likeness (QED) is 0.723. The van der Waals surface area contributed by atoms with E-state index in [4.69, 9.17) is 0 Å². The van der Waals surface area contributed by atoms with Gasteiger partial charge in [-0.25, -0.2) is 4.98 Å². The van der Waals surface area contributed by atoms with Crippen LogP contribution in [0.3, 0.4) is 0 Å². The van der Waals surface area contributed by atoms with Crippen molar-refractivity contribution in [2.75, 3.05) is 23.8 Å². The van der Waals surface area contributed by atoms with E-state index in [0.717, 1.165) is 25.8 Å². The molecule has 7 heteroatoms. The molecule has 138 valence electrons. The Morgan fingerprint density at radius 2 is 2.00 bits per heavy atom. The maximum absolute atomic E-state index is 13.1. The number of nitrogens with one attached hydrogen (secondary N) is 2. The first-order valence-corrected chi connectivity index (χ1v) is 9.71. The third kappa shape index (κ3) is 3.43. The standard InChI is InChI=1S/C20H20N4O2S/c1-13(23(2)12-19-22-15-8-4-6-10-17(15)27-19)20(26)24-11-18(25)21-14-7-3-5-9-16(14)24/h3-10,13H,11-12H2,1-2H3,(H,21,25)/p+1/t13-/m1/s1. The van der Waals surface area contributed by atoms with Crippen molar-refractivity contribution in [3.63, 3.8) is 0 Å². The van der Waals surface area contributed by atoms with Crippen LogP contribution in [0.4, 0.5) is 11.4 Å². The third-order valence-electron chi connectivity index (χ3n) is 4.91. The molecule has 1 aliphatic rings. The van der Waals surface area contributed by atoms with E-state index < -0.39 is 0 Å². The van der Waals surface area contributed by atoms with Gasteiger partial charge in [0.05, 0.1) is 28.6 Å². The van der Waals surface area contributed by atoms with Crippen LogP contribution in [0, 0.1) is 0 Å². The summed E-state index contributed by atoms with van der Waals surface area (Å²) in [7, 11) is 1.99. The van der Waals surface area contributed by atoms with Crippen LogP contribution in [-0.2, 0) is 16.1 Å². The summed E-state index contributed by atoms with van der Waals surface area (Å²) in [5.74, 6) is -0.228. The van der Waals surface area contributed by atoms with Crippen molar-refractivity contribution < 1.29 is 14.5 Å². The molecule has 0 saturated heterocycles. The molecular formula is C20H21N4O2S+. The minimum atomic E-state index is -0.295. The van der Waals surface area contributed by atoms with Crippen molar-refractivity contribution in [2.24, 2.45) is 0 Å². The highest BCUT2D eigenvalue weighted by Gasteiger charge is 2.33. The molecule has 2 atom stereocenters. The van der Waals surface area contributed by atoms with Gasteiger partial charge in [0.1, 0.15) is 18.1 Å². The zero-order valence-electron chi connectivity index (χ0n) is 15.2. The SMILES string of the molecule is C[C@H](C(=O)N1CC(=O)Nc2ccccc21)[NH+](C)Cc1nc2ccccc2s1. The van der Waals surface area contributed by atoms with Crippen molar-refractivity contribution in [3.05, 3.63) is 53.5 Å². The lowest BCUT2D eigenvalue weighted by atomic mass is 10.1. The molecule has 2 heterocycles. The van der Waals surface area contributed by atoms with Crippen LogP contribution in [-0.4, -0.2) is 36.4 Å². The molecule has 1 unspecified atom stereocenters. The highest BCUT2D eigenvalue weighted by atomic mass is 32.1. The number of nitrogens with zero attached hydrogens (tertiary/aromatic N) is 2. The van der Waals surface area contributed by atoms with Crippen LogP contribution in [0.15, 0.2) is 48.5 Å². The topological polar surface area (TPSA) is 66.7 Å². The van der Waals surface area contributed by atoms with E-state index in [-0.39, 0.29) is 24.4 Å². The maximum atomic E-state index is 13.1. The van der Waals surface area contributed by atoms with E-state index in [1.807, 2.05) is 56.4 Å². The smallest absolute Gasteiger partial charge is 0.285 e. The molecular weight excluding hydrogens is 360 g/mol. The van der Waals surface area contributed by atoms with E-state index in [1.54, 1.807) is 16.2 Å². The minimum Gasteiger partial charge on any atom is -0.323 e. The van der Waals surface area contributed by atoms with Crippen LogP contribution >= 0.6 is 11.3 Å². The number of carbonyl (C=O) groups is 2. The fraction of sp³-hybridized carbons (Fsp3) is 0.250. The number of likely N-dealkylation sites (N-methyl/N-ethyl adjacent to an activating group) is 1. The number of quaternary nitrogens is 1. The van der Waals surface area contributed by atoms with Crippen molar-refractivity contribution >= 4 is 44.7 Å². The van der Waals surface area contributed by atoms with Gasteiger partial charge in [-0.05, 0) is 31.2 Å². The van der Waals surface area contributed by atoms with Crippen LogP contribution in [0.5, 0.6) is 0 Å². The number of thiazole rings is 1. The summed E-state index contributed by atoms with van der Waals surface area (Å²) in [5.41, 5.74) is 2.42. The lowest BCUT2D eigenvalue weighted by Crippen LogP contribution is -3.12. The summed E-state index contributed by atoms with van der Waals surface area (Å²) in [4.78, 5) is 32.4. The third-order valence-corrected chi connectivity index (χ3v) is 5.95. The number of anilines is 2. The van der Waals surface area contributed by atoms with Crippen LogP contribution in [0.25, 0.3) is 10.2 Å². The molecule has 0 aliphatic carbocycles. The Morgan fingerprint density at radius 3 is 2.81 bits per heavy atom. The maximum Gasteiger partial charge on any atom is 0.285 e. The summed E-state index contributed by atoms with van der Waals surface area (Å²) in [6.45, 7) is 2.61. The van der Waals surface area contributed by atoms with Crippen molar-refractivity contribution in [3.8, 4) is 0 Å². The van der Waals surface area contributed by atoms with Gasteiger partial charge in [-0.3, -0.25) is 14.5 Å². The molecule has 4 rings (SSSR count). The number of hydrogen-bond donors (Lipinski definition) is 2. The summed E-state index contributed by atoms with van der Waals surface area (Å²) in [6, 6.07) is 15.2. The first-order valence-electron chi connectivity index (χ1n) is 8.90. The number of carbonyl (C=O) groups excluding carboxylic acids is 2. The van der Waals surface area contributed by atoms with Gasteiger partial charge >= 0.3 is 0 Å². The van der Waals surface area contributed by atoms with E-state index in [1.165, 1.54) is 0 Å². The lowest BCUT2D eigenvalue weighted by molar-refractivity contribution is -0.907. The second kappa shape index (κ2) is 7.09. The number of rotatable bonds is 4. The molecule has 2 aromatic carbocycles. The molecule has 0 spiro atoms. The zero-order chi connectivity index (χ0) is 19.0. The number of hydrogen-bond acceptors (Lipinski definition) is 4. The Kier molecular flexibility index (Phi) is 4.63. The average Bonchev–Trinajstić information content (AvgIpc) is 3.08. The molecule has 27 heavy (non-hydrogen) atoms. The molecule has 2 N–H and O–H groups in total. The van der Waals surface area contributed by atoms with E-state index in [2.05, 4.69) is 16.4 Å². The summed E-state index contributed by atoms with van der Waals surface area (Å²) in [5, 5.41) is 3.82. The lowest BCUT2D eigenvalue weighted by Gasteiger charge is -2.32. The number of benzene rings is 2. The predicted molar refractivity (Wildman–Crippen MR) is 107 cm³/mol. The van der Waals surface area contributed by atoms with Gasteiger partial charge < -0.3 is 10.2 Å². The van der Waals surface area contributed by atoms with Gasteiger partial charge in [-0.2, -0.15) is 0 Å². The van der Waals surface area contributed by atoms with E-state index in [9.17, 15) is 9.59 Å². The summed E-state index contributed by atoms with van der Waals surface area (Å²) < 4.78 is 1.15. The molecule has 0 saturated carbocycles. The summed E-state index contributed by atoms with van der Waals surface area (Å²) in [6.07, 6.45) is 0. The number of fused-ring (bicyclic) bond motifs is 2. The van der Waals surface area contributed by atoms with Gasteiger partial charge in [0, 0.05) is 0 Å². The first-order chi connectivity index (χ1) is 13.0. The number of amides is 2. The molecule has 2 amide bonds. The molecule has 0 radical (unpaired) electrons. The first kappa shape index (κ1) is 17.6. The van der Waals surface area contributed by atoms with Gasteiger partial charge in [0.15, 0.2) is 6.04 Å². The number of para-hydroxylation sites is 3.